The fourth-order valence-electron chi connectivity index (χ4n) is 2.09. The van der Waals surface area contributed by atoms with E-state index in [0.717, 1.165) is 33.5 Å². The molecule has 106 valence electrons. The third kappa shape index (κ3) is 2.75. The van der Waals surface area contributed by atoms with Gasteiger partial charge in [0.05, 0.1) is 10.4 Å². The quantitative estimate of drug-likeness (QED) is 0.791. The maximum atomic E-state index is 13.9. The first-order valence-electron chi connectivity index (χ1n) is 6.38. The van der Waals surface area contributed by atoms with Gasteiger partial charge in [-0.15, -0.1) is 0 Å². The number of nitrogens with zero attached hydrogens (tertiary/aromatic N) is 1. The smallest absolute Gasteiger partial charge is 0.137 e. The standard InChI is InChI=1S/C16H12F2N2S/c17-11-5-6-13(18)15(7-11)21-16-10(8-19)9-20-14-4-2-1-3-12(14)16/h1-7,9H,8,19H2. The van der Waals surface area contributed by atoms with E-state index >= 15 is 0 Å². The Labute approximate surface area is 125 Å². The van der Waals surface area contributed by atoms with Gasteiger partial charge in [0.15, 0.2) is 0 Å². The lowest BCUT2D eigenvalue weighted by Gasteiger charge is -2.11. The zero-order chi connectivity index (χ0) is 14.8. The summed E-state index contributed by atoms with van der Waals surface area (Å²) in [7, 11) is 0. The zero-order valence-corrected chi connectivity index (χ0v) is 11.8. The molecule has 5 heteroatoms. The van der Waals surface area contributed by atoms with Crippen molar-refractivity contribution >= 4 is 22.7 Å². The highest BCUT2D eigenvalue weighted by Gasteiger charge is 2.12. The molecule has 0 bridgehead atoms. The second-order valence-electron chi connectivity index (χ2n) is 4.51. The van der Waals surface area contributed by atoms with Crippen molar-refractivity contribution in [1.82, 2.24) is 4.98 Å². The maximum absolute atomic E-state index is 13.9. The molecule has 3 rings (SSSR count). The van der Waals surface area contributed by atoms with Crippen LogP contribution in [0.5, 0.6) is 0 Å². The van der Waals surface area contributed by atoms with Gasteiger partial charge in [-0.05, 0) is 29.8 Å². The number of nitrogens with two attached hydrogens (primary N) is 1. The molecule has 21 heavy (non-hydrogen) atoms. The van der Waals surface area contributed by atoms with E-state index in [1.165, 1.54) is 17.8 Å². The molecule has 0 atom stereocenters. The monoisotopic (exact) mass is 302 g/mol. The Balaban J connectivity index is 2.16. The van der Waals surface area contributed by atoms with Crippen LogP contribution in [0.2, 0.25) is 0 Å². The molecule has 0 spiro atoms. The molecule has 0 amide bonds. The van der Waals surface area contributed by atoms with Crippen molar-refractivity contribution in [2.45, 2.75) is 16.3 Å². The first-order chi connectivity index (χ1) is 10.2. The molecule has 2 nitrogen and oxygen atoms in total. The second kappa shape index (κ2) is 5.79. The third-order valence-corrected chi connectivity index (χ3v) is 4.34. The minimum Gasteiger partial charge on any atom is -0.326 e. The number of benzene rings is 2. The third-order valence-electron chi connectivity index (χ3n) is 3.12. The van der Waals surface area contributed by atoms with Crippen LogP contribution >= 0.6 is 11.8 Å². The van der Waals surface area contributed by atoms with Gasteiger partial charge in [0.25, 0.3) is 0 Å². The van der Waals surface area contributed by atoms with E-state index in [1.807, 2.05) is 24.3 Å². The predicted octanol–water partition coefficient (Wildman–Crippen LogP) is 4.12. The van der Waals surface area contributed by atoms with Crippen molar-refractivity contribution in [2.24, 2.45) is 5.73 Å². The molecule has 0 aliphatic carbocycles. The molecule has 0 aliphatic rings. The van der Waals surface area contributed by atoms with Crippen molar-refractivity contribution in [1.29, 1.82) is 0 Å². The summed E-state index contributed by atoms with van der Waals surface area (Å²) in [6, 6.07) is 11.0. The van der Waals surface area contributed by atoms with Gasteiger partial charge in [-0.3, -0.25) is 4.98 Å². The molecule has 0 saturated heterocycles. The van der Waals surface area contributed by atoms with Crippen LogP contribution in [0.1, 0.15) is 5.56 Å². The fourth-order valence-corrected chi connectivity index (χ4v) is 3.20. The Morgan fingerprint density at radius 3 is 2.71 bits per heavy atom. The first-order valence-corrected chi connectivity index (χ1v) is 7.20. The topological polar surface area (TPSA) is 38.9 Å². The molecule has 2 N–H and O–H groups in total. The van der Waals surface area contributed by atoms with Gasteiger partial charge in [-0.2, -0.15) is 0 Å². The highest BCUT2D eigenvalue weighted by molar-refractivity contribution is 7.99. The number of aromatic nitrogens is 1. The van der Waals surface area contributed by atoms with Gasteiger partial charge in [-0.25, -0.2) is 8.78 Å². The van der Waals surface area contributed by atoms with Crippen LogP contribution in [0, 0.1) is 11.6 Å². The molecule has 0 saturated carbocycles. The Bertz CT molecular complexity index is 805. The summed E-state index contributed by atoms with van der Waals surface area (Å²) in [4.78, 5) is 5.38. The summed E-state index contributed by atoms with van der Waals surface area (Å²) in [6.07, 6.45) is 1.68. The lowest BCUT2D eigenvalue weighted by Crippen LogP contribution is -2.00. The highest BCUT2D eigenvalue weighted by atomic mass is 32.2. The largest absolute Gasteiger partial charge is 0.326 e. The first kappa shape index (κ1) is 14.0. The molecule has 1 aromatic heterocycles. The summed E-state index contributed by atoms with van der Waals surface area (Å²) in [5.41, 5.74) is 7.35. The number of pyridine rings is 1. The van der Waals surface area contributed by atoms with Gasteiger partial charge >= 0.3 is 0 Å². The Kier molecular flexibility index (Phi) is 3.86. The normalized spacial score (nSPS) is 11.0. The van der Waals surface area contributed by atoms with E-state index in [0.29, 0.717) is 0 Å². The average molecular weight is 302 g/mol. The Morgan fingerprint density at radius 1 is 1.10 bits per heavy atom. The van der Waals surface area contributed by atoms with Crippen LogP contribution in [-0.4, -0.2) is 4.98 Å². The summed E-state index contributed by atoms with van der Waals surface area (Å²) in [5, 5.41) is 0.883. The summed E-state index contributed by atoms with van der Waals surface area (Å²) >= 11 is 1.17. The van der Waals surface area contributed by atoms with Gasteiger partial charge < -0.3 is 5.73 Å². The number of fused-ring (bicyclic) bond motifs is 1. The molecule has 2 aromatic carbocycles. The molecule has 1 heterocycles. The van der Waals surface area contributed by atoms with E-state index in [9.17, 15) is 8.78 Å². The van der Waals surface area contributed by atoms with Crippen molar-refractivity contribution in [3.05, 3.63) is 65.9 Å². The Hall–Kier alpha value is -1.98. The van der Waals surface area contributed by atoms with Crippen molar-refractivity contribution in [2.75, 3.05) is 0 Å². The van der Waals surface area contributed by atoms with Gasteiger partial charge in [0.2, 0.25) is 0 Å². The summed E-state index contributed by atoms with van der Waals surface area (Å²) in [5.74, 6) is -0.920. The van der Waals surface area contributed by atoms with Gasteiger partial charge in [-0.1, -0.05) is 30.0 Å². The summed E-state index contributed by atoms with van der Waals surface area (Å²) in [6.45, 7) is 0.289. The van der Waals surface area contributed by atoms with Crippen LogP contribution in [0.4, 0.5) is 8.78 Å². The van der Waals surface area contributed by atoms with E-state index in [1.54, 1.807) is 6.20 Å². The van der Waals surface area contributed by atoms with Gasteiger partial charge in [0.1, 0.15) is 11.6 Å². The predicted molar refractivity (Wildman–Crippen MR) is 80.1 cm³/mol. The van der Waals surface area contributed by atoms with Gasteiger partial charge in [0, 0.05) is 23.0 Å². The number of para-hydroxylation sites is 1. The molecule has 0 aliphatic heterocycles. The van der Waals surface area contributed by atoms with E-state index < -0.39 is 11.6 Å². The Morgan fingerprint density at radius 2 is 1.90 bits per heavy atom. The number of hydrogen-bond donors (Lipinski definition) is 1. The van der Waals surface area contributed by atoms with Crippen molar-refractivity contribution < 1.29 is 8.78 Å². The highest BCUT2D eigenvalue weighted by Crippen LogP contribution is 2.36. The second-order valence-corrected chi connectivity index (χ2v) is 5.56. The SMILES string of the molecule is NCc1cnc2ccccc2c1Sc1cc(F)ccc1F. The average Bonchev–Trinajstić information content (AvgIpc) is 2.51. The van der Waals surface area contributed by atoms with Crippen LogP contribution in [0.15, 0.2) is 58.5 Å². The lowest BCUT2D eigenvalue weighted by molar-refractivity contribution is 0.577. The fraction of sp³-hybridized carbons (Fsp3) is 0.0625. The minimum absolute atomic E-state index is 0.237. The van der Waals surface area contributed by atoms with Crippen molar-refractivity contribution in [3.63, 3.8) is 0 Å². The molecule has 0 unspecified atom stereocenters. The molecular formula is C16H12F2N2S. The lowest BCUT2D eigenvalue weighted by atomic mass is 10.1. The number of hydrogen-bond acceptors (Lipinski definition) is 3. The number of rotatable bonds is 3. The van der Waals surface area contributed by atoms with E-state index in [-0.39, 0.29) is 11.4 Å². The minimum atomic E-state index is -0.466. The summed E-state index contributed by atoms with van der Waals surface area (Å²) < 4.78 is 27.2. The molecular weight excluding hydrogens is 290 g/mol. The maximum Gasteiger partial charge on any atom is 0.137 e. The van der Waals surface area contributed by atoms with Crippen LogP contribution < -0.4 is 5.73 Å². The molecule has 0 fully saturated rings. The van der Waals surface area contributed by atoms with Crippen LogP contribution in [0.25, 0.3) is 10.9 Å². The number of halogens is 2. The van der Waals surface area contributed by atoms with Crippen LogP contribution in [-0.2, 0) is 6.54 Å². The molecule has 3 aromatic rings. The van der Waals surface area contributed by atoms with E-state index in [4.69, 9.17) is 5.73 Å². The van der Waals surface area contributed by atoms with E-state index in [2.05, 4.69) is 4.98 Å². The van der Waals surface area contributed by atoms with Crippen LogP contribution in [0.3, 0.4) is 0 Å². The molecule has 0 radical (unpaired) electrons. The van der Waals surface area contributed by atoms with Crippen molar-refractivity contribution in [3.8, 4) is 0 Å². The zero-order valence-electron chi connectivity index (χ0n) is 11.0.